The van der Waals surface area contributed by atoms with Gasteiger partial charge in [-0.2, -0.15) is 0 Å². The zero-order valence-corrected chi connectivity index (χ0v) is 15.6. The second-order valence-corrected chi connectivity index (χ2v) is 9.38. The summed E-state index contributed by atoms with van der Waals surface area (Å²) in [7, 11) is -1.05. The van der Waals surface area contributed by atoms with E-state index in [4.69, 9.17) is 16.3 Å². The molecule has 0 N–H and O–H groups in total. The van der Waals surface area contributed by atoms with E-state index in [9.17, 15) is 8.42 Å². The minimum Gasteiger partial charge on any atom is -0.493 e. The average Bonchev–Trinajstić information content (AvgIpc) is 3.08. The first-order valence-electron chi connectivity index (χ1n) is 7.55. The van der Waals surface area contributed by atoms with E-state index < -0.39 is 9.84 Å². The molecule has 9 heteroatoms. The van der Waals surface area contributed by atoms with E-state index in [2.05, 4.69) is 10.2 Å². The van der Waals surface area contributed by atoms with Gasteiger partial charge in [-0.25, -0.2) is 8.42 Å². The lowest BCUT2D eigenvalue weighted by atomic mass is 10.1. The predicted molar refractivity (Wildman–Crippen MR) is 94.7 cm³/mol. The maximum absolute atomic E-state index is 11.6. The standard InChI is InChI=1S/C15H18ClN3O3S2/c1-19-14(11-6-9-24(20,21)10-11)17-18-15(19)23-8-7-22-13-4-2-12(16)3-5-13/h2-5,11H,6-10H2,1H3/t11-/m1/s1. The van der Waals surface area contributed by atoms with E-state index in [-0.39, 0.29) is 17.4 Å². The van der Waals surface area contributed by atoms with E-state index in [0.717, 1.165) is 22.5 Å². The molecule has 0 saturated carbocycles. The lowest BCUT2D eigenvalue weighted by Crippen LogP contribution is -2.09. The van der Waals surface area contributed by atoms with Crippen LogP contribution in [0, 0.1) is 0 Å². The van der Waals surface area contributed by atoms with Crippen molar-refractivity contribution in [3.63, 3.8) is 0 Å². The van der Waals surface area contributed by atoms with Gasteiger partial charge in [-0.15, -0.1) is 10.2 Å². The first kappa shape index (κ1) is 17.6. The molecule has 1 aliphatic rings. The van der Waals surface area contributed by atoms with E-state index >= 15 is 0 Å². The number of halogens is 1. The Morgan fingerprint density at radius 2 is 2.08 bits per heavy atom. The van der Waals surface area contributed by atoms with Crippen LogP contribution in [0.2, 0.25) is 5.02 Å². The van der Waals surface area contributed by atoms with Crippen LogP contribution < -0.4 is 4.74 Å². The zero-order valence-electron chi connectivity index (χ0n) is 13.2. The van der Waals surface area contributed by atoms with Crippen LogP contribution >= 0.6 is 23.4 Å². The van der Waals surface area contributed by atoms with Crippen molar-refractivity contribution in [2.75, 3.05) is 23.9 Å². The summed E-state index contributed by atoms with van der Waals surface area (Å²) >= 11 is 7.37. The fourth-order valence-corrected chi connectivity index (χ4v) is 5.23. The average molecular weight is 388 g/mol. The van der Waals surface area contributed by atoms with Crippen molar-refractivity contribution in [2.45, 2.75) is 17.5 Å². The van der Waals surface area contributed by atoms with Crippen LogP contribution in [0.15, 0.2) is 29.4 Å². The summed E-state index contributed by atoms with van der Waals surface area (Å²) in [6.45, 7) is 0.534. The molecule has 0 spiro atoms. The van der Waals surface area contributed by atoms with Gasteiger partial charge in [0.25, 0.3) is 0 Å². The van der Waals surface area contributed by atoms with Gasteiger partial charge >= 0.3 is 0 Å². The third kappa shape index (κ3) is 4.23. The summed E-state index contributed by atoms with van der Waals surface area (Å²) < 4.78 is 30.8. The van der Waals surface area contributed by atoms with Gasteiger partial charge in [-0.1, -0.05) is 23.4 Å². The molecule has 1 aliphatic heterocycles. The van der Waals surface area contributed by atoms with E-state index in [1.165, 1.54) is 11.8 Å². The second-order valence-electron chi connectivity index (χ2n) is 5.65. The number of ether oxygens (including phenoxy) is 1. The highest BCUT2D eigenvalue weighted by molar-refractivity contribution is 7.99. The minimum atomic E-state index is -2.92. The molecule has 0 radical (unpaired) electrons. The molecule has 1 aromatic carbocycles. The highest BCUT2D eigenvalue weighted by Crippen LogP contribution is 2.29. The number of hydrogen-bond donors (Lipinski definition) is 0. The van der Waals surface area contributed by atoms with Crippen molar-refractivity contribution in [3.8, 4) is 5.75 Å². The Balaban J connectivity index is 1.52. The molecule has 24 heavy (non-hydrogen) atoms. The normalized spacial score (nSPS) is 19.5. The molecular weight excluding hydrogens is 370 g/mol. The highest BCUT2D eigenvalue weighted by Gasteiger charge is 2.32. The maximum atomic E-state index is 11.6. The van der Waals surface area contributed by atoms with Gasteiger partial charge < -0.3 is 9.30 Å². The van der Waals surface area contributed by atoms with Crippen molar-refractivity contribution < 1.29 is 13.2 Å². The first-order chi connectivity index (χ1) is 11.4. The zero-order chi connectivity index (χ0) is 17.2. The molecule has 2 heterocycles. The van der Waals surface area contributed by atoms with Crippen molar-refractivity contribution in [1.29, 1.82) is 0 Å². The fraction of sp³-hybridized carbons (Fsp3) is 0.467. The molecule has 0 unspecified atom stereocenters. The Morgan fingerprint density at radius 3 is 2.75 bits per heavy atom. The Labute approximate surface area is 150 Å². The molecule has 6 nitrogen and oxygen atoms in total. The summed E-state index contributed by atoms with van der Waals surface area (Å²) in [4.78, 5) is 0. The molecule has 0 aliphatic carbocycles. The number of nitrogens with zero attached hydrogens (tertiary/aromatic N) is 3. The molecule has 1 saturated heterocycles. The van der Waals surface area contributed by atoms with Gasteiger partial charge in [0, 0.05) is 23.7 Å². The summed E-state index contributed by atoms with van der Waals surface area (Å²) in [5.74, 6) is 2.60. The van der Waals surface area contributed by atoms with Gasteiger partial charge in [0.1, 0.15) is 11.6 Å². The Hall–Kier alpha value is -1.25. The molecule has 3 rings (SSSR count). The quantitative estimate of drug-likeness (QED) is 0.560. The molecule has 130 valence electrons. The number of thioether (sulfide) groups is 1. The largest absolute Gasteiger partial charge is 0.493 e. The fourth-order valence-electron chi connectivity index (χ4n) is 2.63. The molecular formula is C15H18ClN3O3S2. The monoisotopic (exact) mass is 387 g/mol. The van der Waals surface area contributed by atoms with E-state index in [1.807, 2.05) is 23.7 Å². The van der Waals surface area contributed by atoms with Crippen LogP contribution in [0.4, 0.5) is 0 Å². The number of rotatable bonds is 6. The molecule has 1 fully saturated rings. The Morgan fingerprint density at radius 1 is 1.33 bits per heavy atom. The van der Waals surface area contributed by atoms with Crippen LogP contribution in [0.3, 0.4) is 0 Å². The lowest BCUT2D eigenvalue weighted by molar-refractivity contribution is 0.344. The first-order valence-corrected chi connectivity index (χ1v) is 10.7. The number of sulfone groups is 1. The number of aromatic nitrogens is 3. The molecule has 1 atom stereocenters. The maximum Gasteiger partial charge on any atom is 0.191 e. The topological polar surface area (TPSA) is 74.1 Å². The third-order valence-corrected chi connectivity index (χ3v) is 6.87. The SMILES string of the molecule is Cn1c(SCCOc2ccc(Cl)cc2)nnc1[C@@H]1CCS(=O)(=O)C1. The van der Waals surface area contributed by atoms with Gasteiger partial charge in [-0.3, -0.25) is 0 Å². The smallest absolute Gasteiger partial charge is 0.191 e. The predicted octanol–water partition coefficient (Wildman–Crippen LogP) is 2.54. The lowest BCUT2D eigenvalue weighted by Gasteiger charge is -2.08. The minimum absolute atomic E-state index is 0.0489. The van der Waals surface area contributed by atoms with Crippen LogP contribution in [-0.4, -0.2) is 47.0 Å². The van der Waals surface area contributed by atoms with Crippen molar-refractivity contribution in [1.82, 2.24) is 14.8 Å². The summed E-state index contributed by atoms with van der Waals surface area (Å²) in [6.07, 6.45) is 0.624. The summed E-state index contributed by atoms with van der Waals surface area (Å²) in [5, 5.41) is 9.80. The summed E-state index contributed by atoms with van der Waals surface area (Å²) in [6, 6.07) is 7.23. The van der Waals surface area contributed by atoms with Gasteiger partial charge in [0.2, 0.25) is 0 Å². The van der Waals surface area contributed by atoms with Crippen LogP contribution in [-0.2, 0) is 16.9 Å². The molecule has 2 aromatic rings. The summed E-state index contributed by atoms with van der Waals surface area (Å²) in [5.41, 5.74) is 0. The van der Waals surface area contributed by atoms with Crippen molar-refractivity contribution >= 4 is 33.2 Å². The molecule has 1 aromatic heterocycles. The van der Waals surface area contributed by atoms with E-state index in [1.54, 1.807) is 12.1 Å². The number of hydrogen-bond acceptors (Lipinski definition) is 6. The van der Waals surface area contributed by atoms with Crippen molar-refractivity contribution in [3.05, 3.63) is 35.1 Å². The van der Waals surface area contributed by atoms with E-state index in [0.29, 0.717) is 18.1 Å². The highest BCUT2D eigenvalue weighted by atomic mass is 35.5. The number of benzene rings is 1. The van der Waals surface area contributed by atoms with Crippen LogP contribution in [0.5, 0.6) is 5.75 Å². The van der Waals surface area contributed by atoms with Crippen molar-refractivity contribution in [2.24, 2.45) is 7.05 Å². The Bertz CT molecular complexity index is 806. The van der Waals surface area contributed by atoms with Crippen LogP contribution in [0.1, 0.15) is 18.2 Å². The van der Waals surface area contributed by atoms with Gasteiger partial charge in [0.05, 0.1) is 18.1 Å². The Kier molecular flexibility index (Phi) is 5.36. The van der Waals surface area contributed by atoms with Gasteiger partial charge in [0.15, 0.2) is 15.0 Å². The molecule has 0 bridgehead atoms. The van der Waals surface area contributed by atoms with Gasteiger partial charge in [-0.05, 0) is 30.7 Å². The van der Waals surface area contributed by atoms with Crippen LogP contribution in [0.25, 0.3) is 0 Å². The third-order valence-electron chi connectivity index (χ3n) is 3.86. The second kappa shape index (κ2) is 7.33. The molecule has 0 amide bonds.